The lowest BCUT2D eigenvalue weighted by Gasteiger charge is -2.28. The largest absolute Gasteiger partial charge is 0.355 e. The maximum atomic E-state index is 12.3. The molecular weight excluding hydrogens is 345 g/mol. The average Bonchev–Trinajstić information content (AvgIpc) is 3.05. The maximum absolute atomic E-state index is 12.3. The summed E-state index contributed by atoms with van der Waals surface area (Å²) in [6, 6.07) is 5.25. The first-order chi connectivity index (χ1) is 9.82. The molecule has 0 aliphatic heterocycles. The molecule has 0 saturated heterocycles. The van der Waals surface area contributed by atoms with Crippen LogP contribution in [0.5, 0.6) is 0 Å². The Bertz CT molecular complexity index is 640. The van der Waals surface area contributed by atoms with Gasteiger partial charge < -0.3 is 15.2 Å². The van der Waals surface area contributed by atoms with Crippen molar-refractivity contribution in [2.24, 2.45) is 11.1 Å². The number of rotatable bonds is 5. The fraction of sp³-hybridized carbons (Fsp3) is 0.429. The van der Waals surface area contributed by atoms with Gasteiger partial charge in [-0.25, -0.2) is 0 Å². The zero-order valence-electron chi connectivity index (χ0n) is 12.6. The van der Waals surface area contributed by atoms with Crippen LogP contribution in [0, 0.1) is 5.41 Å². The summed E-state index contributed by atoms with van der Waals surface area (Å²) in [6.45, 7) is 5.08. The van der Waals surface area contributed by atoms with Gasteiger partial charge in [0.15, 0.2) is 11.5 Å². The van der Waals surface area contributed by atoms with Gasteiger partial charge in [-0.1, -0.05) is 30.6 Å². The number of hydrogen-bond donors (Lipinski definition) is 1. The number of nitrogens with zero attached hydrogens (tertiary/aromatic N) is 2. The number of aromatic nitrogens is 1. The molecule has 122 valence electrons. The Balaban J connectivity index is 0.00000242. The van der Waals surface area contributed by atoms with E-state index in [0.29, 0.717) is 23.2 Å². The minimum absolute atomic E-state index is 0. The lowest BCUT2D eigenvalue weighted by molar-refractivity contribution is 0.0730. The minimum Gasteiger partial charge on any atom is -0.355 e. The number of carbonyl (C=O) groups is 1. The van der Waals surface area contributed by atoms with Crippen molar-refractivity contribution in [2.45, 2.75) is 13.8 Å². The SMILES string of the molecule is CN(CC(C)(C)CN)C(=O)c1cc(-c2ccc(Cl)s2)on1.Cl. The van der Waals surface area contributed by atoms with Gasteiger partial charge in [-0.15, -0.1) is 23.7 Å². The Kier molecular flexibility index (Phi) is 6.43. The molecule has 22 heavy (non-hydrogen) atoms. The van der Waals surface area contributed by atoms with E-state index in [0.717, 1.165) is 4.88 Å². The van der Waals surface area contributed by atoms with Gasteiger partial charge in [-0.3, -0.25) is 4.79 Å². The fourth-order valence-corrected chi connectivity index (χ4v) is 2.90. The van der Waals surface area contributed by atoms with E-state index in [-0.39, 0.29) is 29.4 Å². The molecule has 1 amide bonds. The molecule has 2 rings (SSSR count). The van der Waals surface area contributed by atoms with E-state index in [1.54, 1.807) is 24.1 Å². The van der Waals surface area contributed by atoms with Crippen molar-refractivity contribution in [3.05, 3.63) is 28.2 Å². The van der Waals surface area contributed by atoms with Crippen LogP contribution in [0.3, 0.4) is 0 Å². The number of thiophene rings is 1. The van der Waals surface area contributed by atoms with Gasteiger partial charge in [0.2, 0.25) is 0 Å². The van der Waals surface area contributed by atoms with Crippen molar-refractivity contribution in [3.8, 4) is 10.6 Å². The molecule has 2 aromatic rings. The van der Waals surface area contributed by atoms with E-state index in [1.165, 1.54) is 11.3 Å². The second kappa shape index (κ2) is 7.46. The van der Waals surface area contributed by atoms with Crippen molar-refractivity contribution >= 4 is 41.3 Å². The molecule has 2 aromatic heterocycles. The Morgan fingerprint density at radius 2 is 2.18 bits per heavy atom. The Hall–Kier alpha value is -1.08. The Morgan fingerprint density at radius 3 is 2.73 bits per heavy atom. The number of amides is 1. The molecule has 0 fully saturated rings. The molecule has 0 bridgehead atoms. The van der Waals surface area contributed by atoms with Gasteiger partial charge in [-0.05, 0) is 24.1 Å². The zero-order valence-corrected chi connectivity index (χ0v) is 15.0. The van der Waals surface area contributed by atoms with E-state index in [4.69, 9.17) is 21.9 Å². The molecule has 0 radical (unpaired) electrons. The molecule has 0 aliphatic carbocycles. The van der Waals surface area contributed by atoms with Crippen molar-refractivity contribution in [1.82, 2.24) is 10.1 Å². The second-order valence-corrected chi connectivity index (χ2v) is 7.42. The lowest BCUT2D eigenvalue weighted by atomic mass is 9.93. The number of halogens is 2. The van der Waals surface area contributed by atoms with E-state index in [9.17, 15) is 4.79 Å². The van der Waals surface area contributed by atoms with Crippen LogP contribution in [0.2, 0.25) is 4.34 Å². The molecule has 0 saturated carbocycles. The first-order valence-electron chi connectivity index (χ1n) is 6.50. The van der Waals surface area contributed by atoms with Crippen LogP contribution in [0.4, 0.5) is 0 Å². The summed E-state index contributed by atoms with van der Waals surface area (Å²) >= 11 is 7.27. The van der Waals surface area contributed by atoms with Gasteiger partial charge in [-0.2, -0.15) is 0 Å². The van der Waals surface area contributed by atoms with Gasteiger partial charge in [0.1, 0.15) is 0 Å². The molecule has 8 heteroatoms. The molecule has 0 atom stereocenters. The third-order valence-corrected chi connectivity index (χ3v) is 4.36. The molecular formula is C14H19Cl2N3O2S. The molecule has 5 nitrogen and oxygen atoms in total. The standard InChI is InChI=1S/C14H18ClN3O2S.ClH/c1-14(2,7-16)8-18(3)13(19)9-6-10(20-17-9)11-4-5-12(15)21-11;/h4-6H,7-8,16H2,1-3H3;1H. The zero-order chi connectivity index (χ0) is 15.6. The molecule has 0 aliphatic rings. The van der Waals surface area contributed by atoms with Gasteiger partial charge in [0.25, 0.3) is 5.91 Å². The van der Waals surface area contributed by atoms with Crippen molar-refractivity contribution in [3.63, 3.8) is 0 Å². The Labute approximate surface area is 144 Å². The summed E-state index contributed by atoms with van der Waals surface area (Å²) in [5, 5.41) is 3.84. The number of carbonyl (C=O) groups excluding carboxylic acids is 1. The molecule has 0 aromatic carbocycles. The molecule has 2 N–H and O–H groups in total. The monoisotopic (exact) mass is 363 g/mol. The first-order valence-corrected chi connectivity index (χ1v) is 7.70. The average molecular weight is 364 g/mol. The quantitative estimate of drug-likeness (QED) is 0.881. The van der Waals surface area contributed by atoms with E-state index in [2.05, 4.69) is 5.16 Å². The van der Waals surface area contributed by atoms with Crippen LogP contribution >= 0.6 is 35.3 Å². The van der Waals surface area contributed by atoms with Gasteiger partial charge in [0.05, 0.1) is 9.21 Å². The predicted molar refractivity (Wildman–Crippen MR) is 91.9 cm³/mol. The van der Waals surface area contributed by atoms with Crippen LogP contribution < -0.4 is 5.73 Å². The number of hydrogen-bond acceptors (Lipinski definition) is 5. The topological polar surface area (TPSA) is 72.4 Å². The van der Waals surface area contributed by atoms with E-state index >= 15 is 0 Å². The molecule has 2 heterocycles. The lowest BCUT2D eigenvalue weighted by Crippen LogP contribution is -2.39. The second-order valence-electron chi connectivity index (χ2n) is 5.71. The van der Waals surface area contributed by atoms with Gasteiger partial charge in [0, 0.05) is 19.7 Å². The first kappa shape index (κ1) is 19.0. The summed E-state index contributed by atoms with van der Waals surface area (Å²) in [5.41, 5.74) is 5.83. The maximum Gasteiger partial charge on any atom is 0.275 e. The van der Waals surface area contributed by atoms with Crippen LogP contribution in [-0.4, -0.2) is 36.1 Å². The number of nitrogens with two attached hydrogens (primary N) is 1. The summed E-state index contributed by atoms with van der Waals surface area (Å²) in [4.78, 5) is 14.8. The summed E-state index contributed by atoms with van der Waals surface area (Å²) < 4.78 is 5.88. The van der Waals surface area contributed by atoms with Gasteiger partial charge >= 0.3 is 0 Å². The third-order valence-electron chi connectivity index (χ3n) is 3.11. The smallest absolute Gasteiger partial charge is 0.275 e. The molecule has 0 spiro atoms. The van der Waals surface area contributed by atoms with Crippen LogP contribution in [0.1, 0.15) is 24.3 Å². The van der Waals surface area contributed by atoms with Crippen LogP contribution in [-0.2, 0) is 0 Å². The van der Waals surface area contributed by atoms with Crippen LogP contribution in [0.15, 0.2) is 22.7 Å². The van der Waals surface area contributed by atoms with Crippen LogP contribution in [0.25, 0.3) is 10.6 Å². The normalized spacial score (nSPS) is 11.1. The highest BCUT2D eigenvalue weighted by Gasteiger charge is 2.24. The highest BCUT2D eigenvalue weighted by molar-refractivity contribution is 7.19. The summed E-state index contributed by atoms with van der Waals surface area (Å²) in [5.74, 6) is 0.357. The molecule has 0 unspecified atom stereocenters. The van der Waals surface area contributed by atoms with E-state index in [1.807, 2.05) is 19.9 Å². The van der Waals surface area contributed by atoms with Crippen molar-refractivity contribution < 1.29 is 9.32 Å². The van der Waals surface area contributed by atoms with Crippen molar-refractivity contribution in [2.75, 3.05) is 20.1 Å². The summed E-state index contributed by atoms with van der Waals surface area (Å²) in [6.07, 6.45) is 0. The fourth-order valence-electron chi connectivity index (χ4n) is 1.91. The highest BCUT2D eigenvalue weighted by atomic mass is 35.5. The van der Waals surface area contributed by atoms with Crippen molar-refractivity contribution in [1.29, 1.82) is 0 Å². The predicted octanol–water partition coefficient (Wildman–Crippen LogP) is 3.54. The summed E-state index contributed by atoms with van der Waals surface area (Å²) in [7, 11) is 1.73. The highest BCUT2D eigenvalue weighted by Crippen LogP contribution is 2.31. The third kappa shape index (κ3) is 4.46. The Morgan fingerprint density at radius 1 is 1.50 bits per heavy atom. The van der Waals surface area contributed by atoms with E-state index < -0.39 is 0 Å². The minimum atomic E-state index is -0.186.